The van der Waals surface area contributed by atoms with Gasteiger partial charge in [0.05, 0.1) is 5.75 Å². The molecule has 0 spiro atoms. The maximum absolute atomic E-state index is 10.9. The fraction of sp³-hybridized carbons (Fsp3) is 1.00. The van der Waals surface area contributed by atoms with Crippen LogP contribution in [0.2, 0.25) is 0 Å². The van der Waals surface area contributed by atoms with Gasteiger partial charge in [-0.3, -0.25) is 0 Å². The van der Waals surface area contributed by atoms with Gasteiger partial charge in [0.25, 0.3) is 0 Å². The van der Waals surface area contributed by atoms with Gasteiger partial charge in [-0.05, 0) is 68.7 Å². The van der Waals surface area contributed by atoms with Crippen LogP contribution in [0.5, 0.6) is 0 Å². The normalized spacial score (nSPS) is 42.4. The lowest BCUT2D eigenvalue weighted by Crippen LogP contribution is -2.54. The third-order valence-electron chi connectivity index (χ3n) is 5.21. The van der Waals surface area contributed by atoms with Crippen LogP contribution in [-0.2, 0) is 10.0 Å². The van der Waals surface area contributed by atoms with E-state index < -0.39 is 10.0 Å². The first-order valence-electron chi connectivity index (χ1n) is 7.25. The van der Waals surface area contributed by atoms with Crippen molar-refractivity contribution in [2.75, 3.05) is 12.3 Å². The summed E-state index contributed by atoms with van der Waals surface area (Å²) in [5.41, 5.74) is 0. The van der Waals surface area contributed by atoms with E-state index in [0.29, 0.717) is 12.5 Å². The van der Waals surface area contributed by atoms with E-state index in [1.54, 1.807) is 0 Å². The molecule has 104 valence electrons. The molecule has 0 atom stereocenters. The Morgan fingerprint density at radius 1 is 1.00 bits per heavy atom. The molecule has 3 N–H and O–H groups in total. The topological polar surface area (TPSA) is 72.2 Å². The van der Waals surface area contributed by atoms with Crippen molar-refractivity contribution in [2.45, 2.75) is 44.6 Å². The van der Waals surface area contributed by atoms with Gasteiger partial charge in [-0.1, -0.05) is 0 Å². The maximum atomic E-state index is 10.9. The monoisotopic (exact) mass is 272 g/mol. The van der Waals surface area contributed by atoms with Gasteiger partial charge in [-0.2, -0.15) is 0 Å². The van der Waals surface area contributed by atoms with E-state index in [1.807, 2.05) is 0 Å². The molecule has 4 saturated carbocycles. The molecule has 0 heterocycles. The van der Waals surface area contributed by atoms with Crippen molar-refractivity contribution >= 4 is 10.0 Å². The third-order valence-corrected chi connectivity index (χ3v) is 6.07. The van der Waals surface area contributed by atoms with Crippen LogP contribution >= 0.6 is 0 Å². The third kappa shape index (κ3) is 2.73. The summed E-state index contributed by atoms with van der Waals surface area (Å²) in [7, 11) is -3.29. The minimum absolute atomic E-state index is 0.104. The Bertz CT molecular complexity index is 379. The number of sulfonamides is 1. The predicted octanol–water partition coefficient (Wildman–Crippen LogP) is 1.08. The molecule has 0 aromatic heterocycles. The zero-order chi connectivity index (χ0) is 12.8. The molecule has 5 heteroatoms. The van der Waals surface area contributed by atoms with Crippen molar-refractivity contribution in [2.24, 2.45) is 28.8 Å². The number of nitrogens with two attached hydrogens (primary N) is 1. The molecule has 0 radical (unpaired) electrons. The molecule has 0 saturated heterocycles. The van der Waals surface area contributed by atoms with Crippen LogP contribution in [0.15, 0.2) is 0 Å². The van der Waals surface area contributed by atoms with E-state index in [9.17, 15) is 8.42 Å². The zero-order valence-electron chi connectivity index (χ0n) is 10.8. The van der Waals surface area contributed by atoms with Gasteiger partial charge in [-0.25, -0.2) is 13.6 Å². The molecule has 18 heavy (non-hydrogen) atoms. The fourth-order valence-corrected chi connectivity index (χ4v) is 5.35. The number of nitrogens with one attached hydrogen (secondary N) is 1. The first-order chi connectivity index (χ1) is 8.51. The summed E-state index contributed by atoms with van der Waals surface area (Å²) in [5, 5.41) is 8.63. The Hall–Kier alpha value is -0.130. The minimum Gasteiger partial charge on any atom is -0.313 e. The lowest BCUT2D eigenvalue weighted by molar-refractivity contribution is -0.0134. The van der Waals surface area contributed by atoms with Crippen LogP contribution in [-0.4, -0.2) is 26.8 Å². The van der Waals surface area contributed by atoms with Crippen LogP contribution in [0.1, 0.15) is 38.5 Å². The molecule has 0 aromatic rings. The lowest BCUT2D eigenvalue weighted by atomic mass is 9.54. The summed E-state index contributed by atoms with van der Waals surface area (Å²) >= 11 is 0. The SMILES string of the molecule is NS(=O)(=O)CCCNC1C2CC3CC(C2)CC1C3. The van der Waals surface area contributed by atoms with Gasteiger partial charge in [0.15, 0.2) is 0 Å². The fourth-order valence-electron chi connectivity index (χ4n) is 4.80. The highest BCUT2D eigenvalue weighted by Gasteiger charge is 2.47. The van der Waals surface area contributed by atoms with E-state index >= 15 is 0 Å². The quantitative estimate of drug-likeness (QED) is 0.736. The van der Waals surface area contributed by atoms with Crippen molar-refractivity contribution in [1.29, 1.82) is 0 Å². The maximum Gasteiger partial charge on any atom is 0.209 e. The van der Waals surface area contributed by atoms with E-state index in [2.05, 4.69) is 5.32 Å². The van der Waals surface area contributed by atoms with Crippen LogP contribution in [0.4, 0.5) is 0 Å². The highest BCUT2D eigenvalue weighted by atomic mass is 32.2. The summed E-state index contributed by atoms with van der Waals surface area (Å²) in [5.74, 6) is 3.81. The highest BCUT2D eigenvalue weighted by Crippen LogP contribution is 2.53. The molecular formula is C13H24N2O2S. The van der Waals surface area contributed by atoms with E-state index in [-0.39, 0.29) is 5.75 Å². The predicted molar refractivity (Wildman–Crippen MR) is 71.4 cm³/mol. The second-order valence-corrected chi connectivity index (χ2v) is 8.37. The Morgan fingerprint density at radius 3 is 2.06 bits per heavy atom. The minimum atomic E-state index is -3.29. The number of rotatable bonds is 5. The molecule has 4 aliphatic carbocycles. The number of primary sulfonamides is 1. The van der Waals surface area contributed by atoms with E-state index in [0.717, 1.165) is 30.2 Å². The molecule has 4 fully saturated rings. The first-order valence-corrected chi connectivity index (χ1v) is 8.96. The van der Waals surface area contributed by atoms with Crippen LogP contribution in [0.25, 0.3) is 0 Å². The first kappa shape index (κ1) is 12.9. The van der Waals surface area contributed by atoms with Crippen LogP contribution in [0.3, 0.4) is 0 Å². The van der Waals surface area contributed by atoms with Crippen LogP contribution in [0, 0.1) is 23.7 Å². The molecule has 0 unspecified atom stereocenters. The Balaban J connectivity index is 1.49. The van der Waals surface area contributed by atoms with E-state index in [4.69, 9.17) is 5.14 Å². The lowest BCUT2D eigenvalue weighted by Gasteiger charge is -2.54. The Morgan fingerprint density at radius 2 is 1.56 bits per heavy atom. The molecular weight excluding hydrogens is 248 g/mol. The largest absolute Gasteiger partial charge is 0.313 e. The summed E-state index contributed by atoms with van der Waals surface area (Å²) in [6.45, 7) is 0.795. The molecule has 4 aliphatic rings. The number of hydrogen-bond acceptors (Lipinski definition) is 3. The van der Waals surface area contributed by atoms with Gasteiger partial charge >= 0.3 is 0 Å². The van der Waals surface area contributed by atoms with Gasteiger partial charge in [0, 0.05) is 6.04 Å². The average Bonchev–Trinajstić information content (AvgIpc) is 2.24. The number of hydrogen-bond donors (Lipinski definition) is 2. The Labute approximate surface area is 110 Å². The van der Waals surface area contributed by atoms with Crippen molar-refractivity contribution in [3.63, 3.8) is 0 Å². The highest BCUT2D eigenvalue weighted by molar-refractivity contribution is 7.89. The molecule has 4 rings (SSSR count). The second kappa shape index (κ2) is 4.76. The molecule has 4 bridgehead atoms. The van der Waals surface area contributed by atoms with E-state index in [1.165, 1.54) is 32.1 Å². The van der Waals surface area contributed by atoms with Crippen molar-refractivity contribution < 1.29 is 8.42 Å². The summed E-state index contributed by atoms with van der Waals surface area (Å²) in [6.07, 6.45) is 7.73. The van der Waals surface area contributed by atoms with Gasteiger partial charge < -0.3 is 5.32 Å². The average molecular weight is 272 g/mol. The van der Waals surface area contributed by atoms with Gasteiger partial charge in [-0.15, -0.1) is 0 Å². The Kier molecular flexibility index (Phi) is 3.41. The van der Waals surface area contributed by atoms with Crippen LogP contribution < -0.4 is 10.5 Å². The molecule has 4 nitrogen and oxygen atoms in total. The zero-order valence-corrected chi connectivity index (χ0v) is 11.7. The van der Waals surface area contributed by atoms with Crippen molar-refractivity contribution in [1.82, 2.24) is 5.32 Å². The summed E-state index contributed by atoms with van der Waals surface area (Å²) < 4.78 is 21.8. The molecule has 0 amide bonds. The van der Waals surface area contributed by atoms with Crippen molar-refractivity contribution in [3.8, 4) is 0 Å². The summed E-state index contributed by atoms with van der Waals surface area (Å²) in [4.78, 5) is 0. The standard InChI is InChI=1S/C13H24N2O2S/c14-18(16,17)3-1-2-15-13-11-5-9-4-10(7-11)8-12(13)6-9/h9-13,15H,1-8H2,(H2,14,16,17). The second-order valence-electron chi connectivity index (χ2n) is 6.63. The van der Waals surface area contributed by atoms with Gasteiger partial charge in [0.1, 0.15) is 0 Å². The van der Waals surface area contributed by atoms with Crippen molar-refractivity contribution in [3.05, 3.63) is 0 Å². The smallest absolute Gasteiger partial charge is 0.209 e. The summed E-state index contributed by atoms with van der Waals surface area (Å²) in [6, 6.07) is 0.651. The van der Waals surface area contributed by atoms with Gasteiger partial charge in [0.2, 0.25) is 10.0 Å². The molecule has 0 aliphatic heterocycles. The molecule has 0 aromatic carbocycles.